The van der Waals surface area contributed by atoms with Crippen molar-refractivity contribution in [2.45, 2.75) is 13.5 Å². The topological polar surface area (TPSA) is 88.5 Å². The summed E-state index contributed by atoms with van der Waals surface area (Å²) in [5.74, 6) is -2.02. The van der Waals surface area contributed by atoms with Crippen molar-refractivity contribution in [2.24, 2.45) is 0 Å². The van der Waals surface area contributed by atoms with Gasteiger partial charge in [0.05, 0.1) is 11.8 Å². The van der Waals surface area contributed by atoms with Crippen molar-refractivity contribution in [3.05, 3.63) is 87.8 Å². The number of hydrogen-bond acceptors (Lipinski definition) is 4. The van der Waals surface area contributed by atoms with Crippen LogP contribution in [-0.4, -0.2) is 22.0 Å². The molecule has 148 valence electrons. The Bertz CT molecular complexity index is 1070. The molecule has 0 atom stereocenters. The zero-order chi connectivity index (χ0) is 21.0. The summed E-state index contributed by atoms with van der Waals surface area (Å²) in [5, 5.41) is 12.0. The second kappa shape index (κ2) is 8.70. The van der Waals surface area contributed by atoms with E-state index in [9.17, 15) is 14.0 Å². The van der Waals surface area contributed by atoms with Gasteiger partial charge in [-0.3, -0.25) is 4.79 Å². The predicted molar refractivity (Wildman–Crippen MR) is 105 cm³/mol. The lowest BCUT2D eigenvalue weighted by atomic mass is 10.1. The molecule has 8 heteroatoms. The van der Waals surface area contributed by atoms with Gasteiger partial charge in [-0.15, -0.1) is 0 Å². The quantitative estimate of drug-likeness (QED) is 0.615. The molecule has 3 aromatic rings. The zero-order valence-corrected chi connectivity index (χ0v) is 16.0. The highest BCUT2D eigenvalue weighted by atomic mass is 35.5. The summed E-state index contributed by atoms with van der Waals surface area (Å²) in [6, 6.07) is 12.1. The van der Waals surface area contributed by atoms with Gasteiger partial charge < -0.3 is 15.2 Å². The van der Waals surface area contributed by atoms with Crippen LogP contribution in [0.1, 0.15) is 31.8 Å². The molecule has 0 saturated carbocycles. The molecule has 6 nitrogen and oxygen atoms in total. The van der Waals surface area contributed by atoms with Crippen molar-refractivity contribution < 1.29 is 23.8 Å². The second-order valence-corrected chi connectivity index (χ2v) is 6.61. The maximum absolute atomic E-state index is 13.7. The van der Waals surface area contributed by atoms with Gasteiger partial charge in [0.1, 0.15) is 17.1 Å². The summed E-state index contributed by atoms with van der Waals surface area (Å²) in [6.07, 6.45) is 0.951. The number of carboxylic acid groups (broad SMARTS) is 1. The van der Waals surface area contributed by atoms with Crippen LogP contribution in [0.5, 0.6) is 11.6 Å². The fraction of sp³-hybridized carbons (Fsp3) is 0.0952. The molecule has 29 heavy (non-hydrogen) atoms. The number of nitrogens with zero attached hydrogens (tertiary/aromatic N) is 1. The summed E-state index contributed by atoms with van der Waals surface area (Å²) in [5.41, 5.74) is 1.60. The third-order valence-corrected chi connectivity index (χ3v) is 4.48. The lowest BCUT2D eigenvalue weighted by Crippen LogP contribution is -2.23. The monoisotopic (exact) mass is 414 g/mol. The van der Waals surface area contributed by atoms with E-state index in [-0.39, 0.29) is 23.6 Å². The van der Waals surface area contributed by atoms with E-state index in [1.807, 2.05) is 6.92 Å². The Kier molecular flexibility index (Phi) is 6.09. The number of benzene rings is 2. The summed E-state index contributed by atoms with van der Waals surface area (Å²) < 4.78 is 19.3. The van der Waals surface area contributed by atoms with Crippen LogP contribution in [0.25, 0.3) is 0 Å². The number of amides is 1. The fourth-order valence-electron chi connectivity index (χ4n) is 2.46. The molecule has 0 radical (unpaired) electrons. The lowest BCUT2D eigenvalue weighted by molar-refractivity contribution is 0.0696. The largest absolute Gasteiger partial charge is 0.478 e. The number of aryl methyl sites for hydroxylation is 1. The molecule has 0 aliphatic carbocycles. The lowest BCUT2D eigenvalue weighted by Gasteiger charge is -2.11. The first-order valence-electron chi connectivity index (χ1n) is 8.53. The Labute approximate surface area is 170 Å². The minimum absolute atomic E-state index is 0.0648. The molecule has 0 spiro atoms. The Hall–Kier alpha value is -3.45. The molecule has 0 fully saturated rings. The normalized spacial score (nSPS) is 10.4. The highest BCUT2D eigenvalue weighted by molar-refractivity contribution is 6.31. The number of ether oxygens (including phenoxy) is 1. The van der Waals surface area contributed by atoms with E-state index in [2.05, 4.69) is 10.3 Å². The Morgan fingerprint density at radius 2 is 1.90 bits per heavy atom. The molecule has 0 unspecified atom stereocenters. The van der Waals surface area contributed by atoms with E-state index < -0.39 is 17.7 Å². The van der Waals surface area contributed by atoms with Crippen LogP contribution in [0.4, 0.5) is 4.39 Å². The highest BCUT2D eigenvalue weighted by Gasteiger charge is 2.17. The van der Waals surface area contributed by atoms with E-state index >= 15 is 0 Å². The number of pyridine rings is 1. The van der Waals surface area contributed by atoms with Crippen LogP contribution >= 0.6 is 11.6 Å². The van der Waals surface area contributed by atoms with Crippen molar-refractivity contribution in [1.29, 1.82) is 0 Å². The van der Waals surface area contributed by atoms with Crippen molar-refractivity contribution in [2.75, 3.05) is 0 Å². The molecule has 0 aliphatic rings. The first-order valence-corrected chi connectivity index (χ1v) is 8.91. The molecule has 2 aromatic carbocycles. The number of carbonyl (C=O) groups excluding carboxylic acids is 1. The third-order valence-electron chi connectivity index (χ3n) is 4.07. The van der Waals surface area contributed by atoms with Crippen LogP contribution in [0.3, 0.4) is 0 Å². The average Bonchev–Trinajstić information content (AvgIpc) is 2.70. The van der Waals surface area contributed by atoms with Gasteiger partial charge in [0, 0.05) is 11.6 Å². The summed E-state index contributed by atoms with van der Waals surface area (Å²) in [6.45, 7) is 1.95. The minimum Gasteiger partial charge on any atom is -0.478 e. The molecule has 0 aliphatic heterocycles. The van der Waals surface area contributed by atoms with Crippen molar-refractivity contribution >= 4 is 23.5 Å². The van der Waals surface area contributed by atoms with E-state index in [0.717, 1.165) is 17.8 Å². The van der Waals surface area contributed by atoms with E-state index in [1.165, 1.54) is 12.1 Å². The van der Waals surface area contributed by atoms with Crippen molar-refractivity contribution in [3.63, 3.8) is 0 Å². The van der Waals surface area contributed by atoms with Gasteiger partial charge in [-0.2, -0.15) is 0 Å². The maximum Gasteiger partial charge on any atom is 0.335 e. The molecular weight excluding hydrogens is 399 g/mol. The third kappa shape index (κ3) is 5.08. The van der Waals surface area contributed by atoms with Gasteiger partial charge in [0.25, 0.3) is 5.91 Å². The van der Waals surface area contributed by atoms with E-state index in [1.54, 1.807) is 30.3 Å². The molecular formula is C21H16ClFN2O4. The first kappa shape index (κ1) is 20.3. The van der Waals surface area contributed by atoms with E-state index in [4.69, 9.17) is 21.4 Å². The summed E-state index contributed by atoms with van der Waals surface area (Å²) in [4.78, 5) is 27.3. The van der Waals surface area contributed by atoms with Crippen molar-refractivity contribution in [1.82, 2.24) is 10.3 Å². The number of halogens is 2. The molecule has 0 bridgehead atoms. The Morgan fingerprint density at radius 1 is 1.17 bits per heavy atom. The molecule has 1 heterocycles. The summed E-state index contributed by atoms with van der Waals surface area (Å²) >= 11 is 6.08. The first-order chi connectivity index (χ1) is 13.8. The highest BCUT2D eigenvalue weighted by Crippen LogP contribution is 2.27. The Morgan fingerprint density at radius 3 is 2.55 bits per heavy atom. The average molecular weight is 415 g/mol. The van der Waals surface area contributed by atoms with Crippen LogP contribution in [0.2, 0.25) is 5.02 Å². The number of nitrogens with one attached hydrogen (secondary N) is 1. The number of rotatable bonds is 6. The van der Waals surface area contributed by atoms with Crippen LogP contribution in [0, 0.1) is 12.7 Å². The van der Waals surface area contributed by atoms with Crippen LogP contribution < -0.4 is 10.1 Å². The predicted octanol–water partition coefficient (Wildman–Crippen LogP) is 4.60. The molecule has 1 amide bonds. The number of aromatic carboxylic acids is 1. The minimum atomic E-state index is -1.04. The van der Waals surface area contributed by atoms with Gasteiger partial charge in [0.15, 0.2) is 0 Å². The SMILES string of the molecule is Cc1ccc(Oc2ncc(F)cc2C(=O)NCc2ccc(C(=O)O)cc2)cc1Cl. The smallest absolute Gasteiger partial charge is 0.335 e. The van der Waals surface area contributed by atoms with Gasteiger partial charge >= 0.3 is 5.97 Å². The van der Waals surface area contributed by atoms with Crippen LogP contribution in [0.15, 0.2) is 54.7 Å². The molecule has 1 aromatic heterocycles. The Balaban J connectivity index is 1.76. The van der Waals surface area contributed by atoms with Gasteiger partial charge in [-0.1, -0.05) is 29.8 Å². The fourth-order valence-corrected chi connectivity index (χ4v) is 2.63. The summed E-state index contributed by atoms with van der Waals surface area (Å²) in [7, 11) is 0. The standard InChI is InChI=1S/C21H16ClFN2O4/c1-12-2-7-16(9-18(12)22)29-20-17(8-15(23)11-25-20)19(26)24-10-13-3-5-14(6-4-13)21(27)28/h2-9,11H,10H2,1H3,(H,24,26)(H,27,28). The van der Waals surface area contributed by atoms with Gasteiger partial charge in [-0.25, -0.2) is 14.2 Å². The van der Waals surface area contributed by atoms with Crippen LogP contribution in [-0.2, 0) is 6.54 Å². The molecule has 0 saturated heterocycles. The number of aromatic nitrogens is 1. The van der Waals surface area contributed by atoms with E-state index in [0.29, 0.717) is 16.3 Å². The van der Waals surface area contributed by atoms with Crippen molar-refractivity contribution in [3.8, 4) is 11.6 Å². The molecule has 3 rings (SSSR count). The maximum atomic E-state index is 13.7. The number of carbonyl (C=O) groups is 2. The second-order valence-electron chi connectivity index (χ2n) is 6.20. The molecule has 2 N–H and O–H groups in total. The number of carboxylic acids is 1. The number of hydrogen-bond donors (Lipinski definition) is 2. The van der Waals surface area contributed by atoms with Gasteiger partial charge in [-0.05, 0) is 48.4 Å². The van der Waals surface area contributed by atoms with Gasteiger partial charge in [0.2, 0.25) is 5.88 Å². The zero-order valence-electron chi connectivity index (χ0n) is 15.3.